The third kappa shape index (κ3) is 69.1. The van der Waals surface area contributed by atoms with E-state index in [1.165, 1.54) is 212 Å². The molecule has 4 unspecified atom stereocenters. The summed E-state index contributed by atoms with van der Waals surface area (Å²) in [5, 5.41) is 23.7. The fourth-order valence-electron chi connectivity index (χ4n) is 12.2. The molecule has 0 aliphatic heterocycles. The summed E-state index contributed by atoms with van der Waals surface area (Å²) >= 11 is 0. The number of nitrogens with one attached hydrogen (secondary N) is 2. The average Bonchev–Trinajstić information content (AvgIpc) is 0.856. The molecule has 1 aliphatic rings. The van der Waals surface area contributed by atoms with Gasteiger partial charge in [-0.25, -0.2) is 0 Å². The van der Waals surface area contributed by atoms with Crippen LogP contribution in [0.4, 0.5) is 0 Å². The first-order valence-corrected chi connectivity index (χ1v) is 39.0. The molecule has 10 heteroatoms. The summed E-state index contributed by atoms with van der Waals surface area (Å²) in [6.07, 6.45) is 86.3. The third-order valence-corrected chi connectivity index (χ3v) is 17.9. The first kappa shape index (κ1) is 90.3. The fourth-order valence-corrected chi connectivity index (χ4v) is 12.2. The molecule has 0 aromatic rings. The van der Waals surface area contributed by atoms with Gasteiger partial charge in [-0.2, -0.15) is 0 Å². The van der Waals surface area contributed by atoms with Crippen LogP contribution in [0.2, 0.25) is 0 Å². The Morgan fingerprint density at radius 3 is 1.04 bits per heavy atom. The number of carboxylic acid groups (broad SMARTS) is 2. The Hall–Kier alpha value is -3.76. The number of allylic oxidation sites excluding steroid dienone is 12. The Labute approximate surface area is 570 Å². The van der Waals surface area contributed by atoms with Gasteiger partial charge in [-0.15, -0.1) is 0 Å². The highest BCUT2D eigenvalue weighted by Crippen LogP contribution is 2.43. The SMILES string of the molecule is CCCCC/C=C\C/C=C\CCCCCCCC(=O)NCCCN(C)C.CCCCC/C=C\C/C=C\CCCCCCCC(=O)NCCCN(C)C.CCCCCCC1C=CC(CCCCCCCC(=O)O)C(C=CCCCCCCCC(=O)O)C1CCCCCC. The predicted molar refractivity (Wildman–Crippen MR) is 401 cm³/mol. The van der Waals surface area contributed by atoms with Gasteiger partial charge in [0.15, 0.2) is 0 Å². The maximum atomic E-state index is 11.7. The van der Waals surface area contributed by atoms with Crippen LogP contribution < -0.4 is 10.6 Å². The van der Waals surface area contributed by atoms with E-state index in [9.17, 15) is 19.2 Å². The largest absolute Gasteiger partial charge is 0.481 e. The molecule has 536 valence electrons. The molecule has 0 saturated carbocycles. The van der Waals surface area contributed by atoms with E-state index < -0.39 is 11.9 Å². The first-order valence-electron chi connectivity index (χ1n) is 39.0. The van der Waals surface area contributed by atoms with Crippen molar-refractivity contribution in [1.29, 1.82) is 0 Å². The lowest BCUT2D eigenvalue weighted by atomic mass is 9.66. The van der Waals surface area contributed by atoms with Gasteiger partial charge in [0, 0.05) is 38.8 Å². The summed E-state index contributed by atoms with van der Waals surface area (Å²) in [5.74, 6) is 1.84. The second-order valence-corrected chi connectivity index (χ2v) is 27.5. The number of carbonyl (C=O) groups is 4. The number of aliphatic carboxylic acids is 2. The van der Waals surface area contributed by atoms with Crippen LogP contribution in [0.15, 0.2) is 72.9 Å². The average molecular weight is 1290 g/mol. The molecule has 0 spiro atoms. The second kappa shape index (κ2) is 73.1. The topological polar surface area (TPSA) is 139 Å². The molecule has 0 radical (unpaired) electrons. The second-order valence-electron chi connectivity index (χ2n) is 27.5. The fraction of sp³-hybridized carbons (Fsp3) is 0.805. The Morgan fingerprint density at radius 1 is 0.348 bits per heavy atom. The maximum absolute atomic E-state index is 11.7. The molecule has 0 heterocycles. The first-order chi connectivity index (χ1) is 44.8. The zero-order chi connectivity index (χ0) is 67.9. The Morgan fingerprint density at radius 2 is 0.652 bits per heavy atom. The molecule has 10 nitrogen and oxygen atoms in total. The molecule has 1 rings (SSSR count). The predicted octanol–water partition coefficient (Wildman–Crippen LogP) is 22.9. The summed E-state index contributed by atoms with van der Waals surface area (Å²) < 4.78 is 0. The smallest absolute Gasteiger partial charge is 0.303 e. The molecule has 0 aromatic heterocycles. The molecule has 0 fully saturated rings. The number of carboxylic acids is 2. The lowest BCUT2D eigenvalue weighted by Crippen LogP contribution is -2.30. The van der Waals surface area contributed by atoms with Gasteiger partial charge in [0.1, 0.15) is 0 Å². The molecule has 4 atom stereocenters. The number of hydrogen-bond donors (Lipinski definition) is 4. The molecular formula is C82H152N4O6. The van der Waals surface area contributed by atoms with Gasteiger partial charge in [-0.1, -0.05) is 261 Å². The normalized spacial score (nSPS) is 15.8. The molecule has 4 N–H and O–H groups in total. The minimum atomic E-state index is -0.676. The Bertz CT molecular complexity index is 1730. The number of carbonyl (C=O) groups excluding carboxylic acids is 2. The zero-order valence-electron chi connectivity index (χ0n) is 61.8. The van der Waals surface area contributed by atoms with E-state index >= 15 is 0 Å². The van der Waals surface area contributed by atoms with Crippen molar-refractivity contribution in [2.75, 3.05) is 54.4 Å². The molecule has 0 bridgehead atoms. The summed E-state index contributed by atoms with van der Waals surface area (Å²) in [5.41, 5.74) is 0. The lowest BCUT2D eigenvalue weighted by molar-refractivity contribution is -0.138. The maximum Gasteiger partial charge on any atom is 0.303 e. The van der Waals surface area contributed by atoms with Crippen molar-refractivity contribution in [2.24, 2.45) is 23.7 Å². The van der Waals surface area contributed by atoms with Crippen molar-refractivity contribution in [2.45, 2.75) is 349 Å². The van der Waals surface area contributed by atoms with Crippen molar-refractivity contribution in [3.05, 3.63) is 72.9 Å². The van der Waals surface area contributed by atoms with Gasteiger partial charge in [0.2, 0.25) is 11.8 Å². The van der Waals surface area contributed by atoms with Gasteiger partial charge >= 0.3 is 11.9 Å². The van der Waals surface area contributed by atoms with Crippen LogP contribution in [0.1, 0.15) is 349 Å². The summed E-state index contributed by atoms with van der Waals surface area (Å²) in [4.78, 5) is 49.1. The number of nitrogens with zero attached hydrogens (tertiary/aromatic N) is 2. The summed E-state index contributed by atoms with van der Waals surface area (Å²) in [6, 6.07) is 0. The monoisotopic (exact) mass is 1290 g/mol. The number of unbranched alkanes of at least 4 members (excludes halogenated alkanes) is 31. The Balaban J connectivity index is 0. The van der Waals surface area contributed by atoms with Crippen molar-refractivity contribution in [3.8, 4) is 0 Å². The number of rotatable bonds is 63. The van der Waals surface area contributed by atoms with Crippen molar-refractivity contribution < 1.29 is 29.4 Å². The summed E-state index contributed by atoms with van der Waals surface area (Å²) in [7, 11) is 8.24. The Kier molecular flexibility index (Phi) is 71.7. The van der Waals surface area contributed by atoms with Crippen LogP contribution in [-0.2, 0) is 19.2 Å². The van der Waals surface area contributed by atoms with Crippen molar-refractivity contribution in [1.82, 2.24) is 20.4 Å². The molecule has 92 heavy (non-hydrogen) atoms. The van der Waals surface area contributed by atoms with Crippen LogP contribution in [0.3, 0.4) is 0 Å². The van der Waals surface area contributed by atoms with Crippen molar-refractivity contribution in [3.63, 3.8) is 0 Å². The van der Waals surface area contributed by atoms with Crippen LogP contribution in [-0.4, -0.2) is 98.1 Å². The molecular weight excluding hydrogens is 1140 g/mol. The van der Waals surface area contributed by atoms with E-state index in [-0.39, 0.29) is 11.8 Å². The molecule has 2 amide bonds. The molecule has 0 saturated heterocycles. The van der Waals surface area contributed by atoms with Crippen LogP contribution in [0.5, 0.6) is 0 Å². The van der Waals surface area contributed by atoms with Gasteiger partial charge in [-0.3, -0.25) is 19.2 Å². The minimum Gasteiger partial charge on any atom is -0.481 e. The van der Waals surface area contributed by atoms with Gasteiger partial charge in [-0.05, 0) is 200 Å². The minimum absolute atomic E-state index is 0.217. The van der Waals surface area contributed by atoms with E-state index in [1.54, 1.807) is 0 Å². The van der Waals surface area contributed by atoms with E-state index in [1.807, 2.05) is 0 Å². The lowest BCUT2D eigenvalue weighted by Gasteiger charge is -2.39. The summed E-state index contributed by atoms with van der Waals surface area (Å²) in [6.45, 7) is 12.8. The van der Waals surface area contributed by atoms with Crippen LogP contribution in [0, 0.1) is 23.7 Å². The number of amides is 2. The third-order valence-electron chi connectivity index (χ3n) is 17.9. The highest BCUT2D eigenvalue weighted by molar-refractivity contribution is 5.76. The van der Waals surface area contributed by atoms with Crippen molar-refractivity contribution >= 4 is 23.8 Å². The molecule has 1 aliphatic carbocycles. The highest BCUT2D eigenvalue weighted by Gasteiger charge is 2.33. The highest BCUT2D eigenvalue weighted by atomic mass is 16.4. The van der Waals surface area contributed by atoms with Gasteiger partial charge in [0.25, 0.3) is 0 Å². The molecule has 0 aromatic carbocycles. The van der Waals surface area contributed by atoms with E-state index in [0.29, 0.717) is 37.5 Å². The van der Waals surface area contributed by atoms with E-state index in [2.05, 4.69) is 149 Å². The van der Waals surface area contributed by atoms with Crippen LogP contribution in [0.25, 0.3) is 0 Å². The van der Waals surface area contributed by atoms with Gasteiger partial charge in [0.05, 0.1) is 0 Å². The standard InChI is InChI=1S/C36H64O4.2C23H44N2O/c1-3-5-7-17-23-31-29-30-32(24-18-13-12-16-22-28-36(39)40)34(33(31)25-19-8-6-4-2)26-20-14-10-9-11-15-21-27-35(37)38;2*1-4-5-6-7-8-9-10-11-12-13-14-15-16-17-18-20-23(26)24-21-19-22-25(2)3/h20,26,29-34H,3-19,21-25,27-28H2,1-2H3,(H,37,38)(H,39,40);2*8-9,11-12H,4-7,10,13-22H2,1-3H3,(H,24,26)/b;2*9-8-,12-11-. The zero-order valence-corrected chi connectivity index (χ0v) is 61.8. The van der Waals surface area contributed by atoms with Crippen LogP contribution >= 0.6 is 0 Å². The van der Waals surface area contributed by atoms with Gasteiger partial charge < -0.3 is 30.6 Å². The van der Waals surface area contributed by atoms with E-state index in [0.717, 1.165) is 121 Å². The number of hydrogen-bond acceptors (Lipinski definition) is 6. The van der Waals surface area contributed by atoms with E-state index in [4.69, 9.17) is 10.2 Å². The quantitative estimate of drug-likeness (QED) is 0.0349.